The molecule has 0 saturated heterocycles. The van der Waals surface area contributed by atoms with Gasteiger partial charge >= 0.3 is 0 Å². The second kappa shape index (κ2) is 5.62. The van der Waals surface area contributed by atoms with E-state index in [-0.39, 0.29) is 11.8 Å². The van der Waals surface area contributed by atoms with E-state index in [2.05, 4.69) is 5.32 Å². The van der Waals surface area contributed by atoms with Gasteiger partial charge in [-0.05, 0) is 31.2 Å². The van der Waals surface area contributed by atoms with E-state index in [0.29, 0.717) is 6.42 Å². The molecule has 1 N–H and O–H groups in total. The molecule has 0 radical (unpaired) electrons. The largest absolute Gasteiger partial charge is 0.347 e. The number of carbonyl (C=O) groups is 2. The Morgan fingerprint density at radius 1 is 1.18 bits per heavy atom. The predicted octanol–water partition coefficient (Wildman–Crippen LogP) is 1.86. The molecule has 1 fully saturated rings. The topological polar surface area (TPSA) is 46.2 Å². The van der Waals surface area contributed by atoms with Crippen molar-refractivity contribution >= 4 is 11.7 Å². The minimum Gasteiger partial charge on any atom is -0.347 e. The molecule has 0 spiro atoms. The first kappa shape index (κ1) is 11.8. The van der Waals surface area contributed by atoms with Gasteiger partial charge < -0.3 is 5.32 Å². The fourth-order valence-electron chi connectivity index (χ4n) is 1.70. The highest BCUT2D eigenvalue weighted by molar-refractivity contribution is 6.36. The van der Waals surface area contributed by atoms with Gasteiger partial charge in [-0.3, -0.25) is 9.59 Å². The van der Waals surface area contributed by atoms with Crippen LogP contribution in [0.25, 0.3) is 0 Å². The Bertz CT molecular complexity index is 396. The van der Waals surface area contributed by atoms with Gasteiger partial charge in [0.25, 0.3) is 5.91 Å². The molecule has 3 heteroatoms. The first-order chi connectivity index (χ1) is 8.25. The molecule has 1 aromatic carbocycles. The molecule has 3 nitrogen and oxygen atoms in total. The second-order valence-electron chi connectivity index (χ2n) is 4.51. The van der Waals surface area contributed by atoms with Crippen molar-refractivity contribution in [3.63, 3.8) is 0 Å². The molecule has 1 aromatic rings. The van der Waals surface area contributed by atoms with Crippen LogP contribution < -0.4 is 5.32 Å². The highest BCUT2D eigenvalue weighted by atomic mass is 16.2. The van der Waals surface area contributed by atoms with Crippen LogP contribution in [0.3, 0.4) is 0 Å². The molecule has 0 atom stereocenters. The van der Waals surface area contributed by atoms with Crippen LogP contribution in [0.15, 0.2) is 30.3 Å². The van der Waals surface area contributed by atoms with Crippen LogP contribution in [0.4, 0.5) is 0 Å². The molecular weight excluding hydrogens is 214 g/mol. The van der Waals surface area contributed by atoms with Crippen molar-refractivity contribution in [1.82, 2.24) is 5.32 Å². The van der Waals surface area contributed by atoms with E-state index in [1.807, 2.05) is 30.3 Å². The summed E-state index contributed by atoms with van der Waals surface area (Å²) in [5.74, 6) is -0.687. The maximum absolute atomic E-state index is 11.5. The highest BCUT2D eigenvalue weighted by Crippen LogP contribution is 2.18. The average Bonchev–Trinajstić information content (AvgIpc) is 3.14. The van der Waals surface area contributed by atoms with Gasteiger partial charge in [0.2, 0.25) is 5.78 Å². The lowest BCUT2D eigenvalue weighted by Gasteiger charge is -2.02. The lowest BCUT2D eigenvalue weighted by molar-refractivity contribution is -0.138. The SMILES string of the molecule is O=C(CCCc1ccccc1)C(=O)NC1CC1. The maximum Gasteiger partial charge on any atom is 0.287 e. The molecule has 90 valence electrons. The number of hydrogen-bond acceptors (Lipinski definition) is 2. The van der Waals surface area contributed by atoms with Gasteiger partial charge in [-0.15, -0.1) is 0 Å². The van der Waals surface area contributed by atoms with E-state index in [0.717, 1.165) is 25.7 Å². The zero-order chi connectivity index (χ0) is 12.1. The van der Waals surface area contributed by atoms with Gasteiger partial charge in [-0.25, -0.2) is 0 Å². The molecule has 17 heavy (non-hydrogen) atoms. The summed E-state index contributed by atoms with van der Waals surface area (Å²) in [7, 11) is 0. The number of Topliss-reactive ketones (excluding diaryl/α,β-unsaturated/α-hetero) is 1. The molecule has 1 aliphatic carbocycles. The number of nitrogens with one attached hydrogen (secondary N) is 1. The number of rotatable bonds is 6. The van der Waals surface area contributed by atoms with Gasteiger partial charge in [-0.2, -0.15) is 0 Å². The third-order valence-corrected chi connectivity index (χ3v) is 2.88. The Balaban J connectivity index is 1.67. The van der Waals surface area contributed by atoms with Gasteiger partial charge in [0.05, 0.1) is 0 Å². The molecule has 1 aliphatic rings. The third kappa shape index (κ3) is 4.02. The number of carbonyl (C=O) groups excluding carboxylic acids is 2. The zero-order valence-electron chi connectivity index (χ0n) is 9.82. The van der Waals surface area contributed by atoms with Crippen LogP contribution >= 0.6 is 0 Å². The number of benzene rings is 1. The molecular formula is C14H17NO2. The van der Waals surface area contributed by atoms with E-state index in [9.17, 15) is 9.59 Å². The first-order valence-corrected chi connectivity index (χ1v) is 6.13. The van der Waals surface area contributed by atoms with E-state index < -0.39 is 5.91 Å². The normalized spacial score (nSPS) is 14.4. The summed E-state index contributed by atoms with van der Waals surface area (Å²) >= 11 is 0. The first-order valence-electron chi connectivity index (χ1n) is 6.13. The Hall–Kier alpha value is -1.64. The minimum absolute atomic E-state index is 0.264. The highest BCUT2D eigenvalue weighted by Gasteiger charge is 2.25. The van der Waals surface area contributed by atoms with Crippen LogP contribution in [0.5, 0.6) is 0 Å². The summed E-state index contributed by atoms with van der Waals surface area (Å²) in [6, 6.07) is 10.3. The number of hydrogen-bond donors (Lipinski definition) is 1. The Morgan fingerprint density at radius 3 is 2.53 bits per heavy atom. The van der Waals surface area contributed by atoms with Crippen molar-refractivity contribution in [1.29, 1.82) is 0 Å². The molecule has 0 aromatic heterocycles. The molecule has 2 rings (SSSR count). The quantitative estimate of drug-likeness (QED) is 0.759. The van der Waals surface area contributed by atoms with Crippen molar-refractivity contribution in [2.45, 2.75) is 38.1 Å². The Labute approximate surface area is 101 Å². The third-order valence-electron chi connectivity index (χ3n) is 2.88. The molecule has 0 bridgehead atoms. The van der Waals surface area contributed by atoms with Gasteiger partial charge in [0, 0.05) is 12.5 Å². The standard InChI is InChI=1S/C14H17NO2/c16-13(14(17)15-12-9-10-12)8-4-7-11-5-2-1-3-6-11/h1-3,5-6,12H,4,7-10H2,(H,15,17). The maximum atomic E-state index is 11.5. The number of ketones is 1. The Morgan fingerprint density at radius 2 is 1.88 bits per heavy atom. The van der Waals surface area contributed by atoms with Gasteiger partial charge in [0.1, 0.15) is 0 Å². The van der Waals surface area contributed by atoms with Crippen molar-refractivity contribution < 1.29 is 9.59 Å². The van der Waals surface area contributed by atoms with Crippen LogP contribution in [0, 0.1) is 0 Å². The van der Waals surface area contributed by atoms with Crippen LogP contribution in [-0.4, -0.2) is 17.7 Å². The van der Waals surface area contributed by atoms with Crippen molar-refractivity contribution in [3.8, 4) is 0 Å². The summed E-state index contributed by atoms with van der Waals surface area (Å²) in [6.45, 7) is 0. The molecule has 1 amide bonds. The molecule has 0 unspecified atom stereocenters. The van der Waals surface area contributed by atoms with Crippen molar-refractivity contribution in [2.24, 2.45) is 0 Å². The van der Waals surface area contributed by atoms with Crippen LogP contribution in [0.1, 0.15) is 31.2 Å². The second-order valence-corrected chi connectivity index (χ2v) is 4.51. The van der Waals surface area contributed by atoms with E-state index in [1.54, 1.807) is 0 Å². The minimum atomic E-state index is -0.402. The lowest BCUT2D eigenvalue weighted by Crippen LogP contribution is -2.32. The van der Waals surface area contributed by atoms with Crippen molar-refractivity contribution in [2.75, 3.05) is 0 Å². The fourth-order valence-corrected chi connectivity index (χ4v) is 1.70. The zero-order valence-corrected chi connectivity index (χ0v) is 9.82. The summed E-state index contributed by atoms with van der Waals surface area (Å²) < 4.78 is 0. The molecule has 1 saturated carbocycles. The van der Waals surface area contributed by atoms with Gasteiger partial charge in [-0.1, -0.05) is 30.3 Å². The Kier molecular flexibility index (Phi) is 3.91. The van der Waals surface area contributed by atoms with E-state index >= 15 is 0 Å². The number of amides is 1. The summed E-state index contributed by atoms with van der Waals surface area (Å²) in [5, 5.41) is 2.71. The smallest absolute Gasteiger partial charge is 0.287 e. The fraction of sp³-hybridized carbons (Fsp3) is 0.429. The van der Waals surface area contributed by atoms with Crippen LogP contribution in [0.2, 0.25) is 0 Å². The predicted molar refractivity (Wildman–Crippen MR) is 65.6 cm³/mol. The van der Waals surface area contributed by atoms with E-state index in [4.69, 9.17) is 0 Å². The number of aryl methyl sites for hydroxylation is 1. The lowest BCUT2D eigenvalue weighted by atomic mass is 10.1. The van der Waals surface area contributed by atoms with Crippen molar-refractivity contribution in [3.05, 3.63) is 35.9 Å². The molecule has 0 aliphatic heterocycles. The summed E-state index contributed by atoms with van der Waals surface area (Å²) in [4.78, 5) is 22.9. The average molecular weight is 231 g/mol. The molecule has 0 heterocycles. The van der Waals surface area contributed by atoms with Crippen LogP contribution in [-0.2, 0) is 16.0 Å². The van der Waals surface area contributed by atoms with Gasteiger partial charge in [0.15, 0.2) is 0 Å². The van der Waals surface area contributed by atoms with E-state index in [1.165, 1.54) is 5.56 Å². The summed E-state index contributed by atoms with van der Waals surface area (Å²) in [6.07, 6.45) is 3.96. The monoisotopic (exact) mass is 231 g/mol. The summed E-state index contributed by atoms with van der Waals surface area (Å²) in [5.41, 5.74) is 1.21.